The second-order valence-electron chi connectivity index (χ2n) is 6.86. The van der Waals surface area contributed by atoms with Crippen molar-refractivity contribution in [2.75, 3.05) is 20.3 Å². The molecule has 0 spiro atoms. The van der Waals surface area contributed by atoms with Crippen molar-refractivity contribution in [1.29, 1.82) is 0 Å². The van der Waals surface area contributed by atoms with Crippen LogP contribution < -0.4 is 10.9 Å². The molecule has 0 saturated carbocycles. The number of benzene rings is 2. The second-order valence-corrected chi connectivity index (χ2v) is 6.86. The summed E-state index contributed by atoms with van der Waals surface area (Å²) in [5, 5.41) is 3.18. The topological polar surface area (TPSA) is 110 Å². The van der Waals surface area contributed by atoms with Gasteiger partial charge in [0.15, 0.2) is 6.61 Å². The van der Waals surface area contributed by atoms with Gasteiger partial charge >= 0.3 is 5.97 Å². The number of para-hydroxylation sites is 1. The zero-order valence-electron chi connectivity index (χ0n) is 16.8. The standard InChI is InChI=1S/C22H23N3O5/c1-14(12-29-2)23-20(26)13-30-22(28)16-8-4-3-7-15(16)11-19-24-18-10-6-5-9-17(18)21(27)25-19/h3-10,14H,11-13H2,1-2H3,(H,23,26)(H,24,25,27). The van der Waals surface area contributed by atoms with E-state index in [2.05, 4.69) is 15.3 Å². The quantitative estimate of drug-likeness (QED) is 0.549. The number of ether oxygens (including phenoxy) is 2. The van der Waals surface area contributed by atoms with Gasteiger partial charge in [0, 0.05) is 19.6 Å². The summed E-state index contributed by atoms with van der Waals surface area (Å²) in [4.78, 5) is 43.9. The summed E-state index contributed by atoms with van der Waals surface area (Å²) in [6.45, 7) is 1.75. The first-order valence-corrected chi connectivity index (χ1v) is 9.49. The molecule has 1 aromatic heterocycles. The van der Waals surface area contributed by atoms with Crippen molar-refractivity contribution in [1.82, 2.24) is 15.3 Å². The maximum absolute atomic E-state index is 12.5. The van der Waals surface area contributed by atoms with Crippen LogP contribution in [-0.4, -0.2) is 48.2 Å². The minimum atomic E-state index is -0.622. The Morgan fingerprint density at radius 2 is 1.87 bits per heavy atom. The first-order valence-electron chi connectivity index (χ1n) is 9.49. The number of amides is 1. The minimum Gasteiger partial charge on any atom is -0.452 e. The number of fused-ring (bicyclic) bond motifs is 1. The van der Waals surface area contributed by atoms with E-state index in [0.717, 1.165) is 0 Å². The van der Waals surface area contributed by atoms with E-state index >= 15 is 0 Å². The van der Waals surface area contributed by atoms with E-state index in [-0.39, 0.29) is 18.0 Å². The highest BCUT2D eigenvalue weighted by atomic mass is 16.5. The van der Waals surface area contributed by atoms with Crippen LogP contribution in [0.3, 0.4) is 0 Å². The summed E-state index contributed by atoms with van der Waals surface area (Å²) < 4.78 is 10.1. The molecule has 1 heterocycles. The van der Waals surface area contributed by atoms with E-state index in [1.54, 1.807) is 49.4 Å². The molecule has 1 amide bonds. The van der Waals surface area contributed by atoms with E-state index in [0.29, 0.717) is 34.5 Å². The molecule has 1 unspecified atom stereocenters. The molecule has 1 atom stereocenters. The number of carbonyl (C=O) groups is 2. The van der Waals surface area contributed by atoms with Gasteiger partial charge in [0.05, 0.1) is 23.1 Å². The summed E-state index contributed by atoms with van der Waals surface area (Å²) in [5.41, 5.74) is 1.29. The fourth-order valence-corrected chi connectivity index (χ4v) is 3.09. The van der Waals surface area contributed by atoms with E-state index in [4.69, 9.17) is 9.47 Å². The average Bonchev–Trinajstić information content (AvgIpc) is 2.72. The van der Waals surface area contributed by atoms with E-state index in [9.17, 15) is 14.4 Å². The first kappa shape index (κ1) is 21.2. The van der Waals surface area contributed by atoms with Crippen LogP contribution in [0.25, 0.3) is 10.9 Å². The van der Waals surface area contributed by atoms with Crippen molar-refractivity contribution >= 4 is 22.8 Å². The van der Waals surface area contributed by atoms with Gasteiger partial charge in [0.25, 0.3) is 11.5 Å². The number of esters is 1. The molecular weight excluding hydrogens is 386 g/mol. The van der Waals surface area contributed by atoms with Gasteiger partial charge in [0.2, 0.25) is 0 Å². The van der Waals surface area contributed by atoms with Gasteiger partial charge in [-0.05, 0) is 30.7 Å². The lowest BCUT2D eigenvalue weighted by Gasteiger charge is -2.13. The number of hydrogen-bond acceptors (Lipinski definition) is 6. The molecule has 0 bridgehead atoms. The number of carbonyl (C=O) groups excluding carboxylic acids is 2. The molecule has 0 saturated heterocycles. The fourth-order valence-electron chi connectivity index (χ4n) is 3.09. The van der Waals surface area contributed by atoms with Crippen LogP contribution >= 0.6 is 0 Å². The molecule has 2 aromatic carbocycles. The van der Waals surface area contributed by atoms with Crippen molar-refractivity contribution in [3.63, 3.8) is 0 Å². The van der Waals surface area contributed by atoms with Crippen LogP contribution in [0.15, 0.2) is 53.3 Å². The van der Waals surface area contributed by atoms with Crippen LogP contribution in [0.5, 0.6) is 0 Å². The Hall–Kier alpha value is -3.52. The normalized spacial score (nSPS) is 11.8. The lowest BCUT2D eigenvalue weighted by Crippen LogP contribution is -2.38. The van der Waals surface area contributed by atoms with E-state index < -0.39 is 18.5 Å². The van der Waals surface area contributed by atoms with Crippen LogP contribution in [0, 0.1) is 0 Å². The highest BCUT2D eigenvalue weighted by Gasteiger charge is 2.16. The Balaban J connectivity index is 1.72. The molecule has 0 aliphatic heterocycles. The molecule has 8 nitrogen and oxygen atoms in total. The zero-order chi connectivity index (χ0) is 21.5. The molecule has 0 fully saturated rings. The van der Waals surface area contributed by atoms with Crippen molar-refractivity contribution in [2.45, 2.75) is 19.4 Å². The van der Waals surface area contributed by atoms with Gasteiger partial charge < -0.3 is 19.8 Å². The lowest BCUT2D eigenvalue weighted by molar-refractivity contribution is -0.125. The van der Waals surface area contributed by atoms with E-state index in [1.807, 2.05) is 6.07 Å². The van der Waals surface area contributed by atoms with Gasteiger partial charge in [0.1, 0.15) is 5.82 Å². The number of nitrogens with zero attached hydrogens (tertiary/aromatic N) is 1. The van der Waals surface area contributed by atoms with Crippen molar-refractivity contribution in [3.8, 4) is 0 Å². The molecule has 30 heavy (non-hydrogen) atoms. The maximum atomic E-state index is 12.5. The predicted molar refractivity (Wildman–Crippen MR) is 111 cm³/mol. The molecule has 0 radical (unpaired) electrons. The number of aromatic amines is 1. The largest absolute Gasteiger partial charge is 0.452 e. The fraction of sp³-hybridized carbons (Fsp3) is 0.273. The second kappa shape index (κ2) is 9.80. The Bertz CT molecular complexity index is 1110. The molecule has 0 aliphatic carbocycles. The zero-order valence-corrected chi connectivity index (χ0v) is 16.8. The molecule has 3 aromatic rings. The first-order chi connectivity index (χ1) is 14.5. The Kier molecular flexibility index (Phi) is 6.92. The summed E-state index contributed by atoms with van der Waals surface area (Å²) in [7, 11) is 1.54. The van der Waals surface area contributed by atoms with Crippen LogP contribution in [0.4, 0.5) is 0 Å². The van der Waals surface area contributed by atoms with Gasteiger partial charge in [-0.3, -0.25) is 9.59 Å². The van der Waals surface area contributed by atoms with Crippen molar-refractivity contribution < 1.29 is 19.1 Å². The molecule has 156 valence electrons. The average molecular weight is 409 g/mol. The maximum Gasteiger partial charge on any atom is 0.338 e. The summed E-state index contributed by atoms with van der Waals surface area (Å²) in [5.74, 6) is -0.598. The summed E-state index contributed by atoms with van der Waals surface area (Å²) in [6, 6.07) is 13.7. The third kappa shape index (κ3) is 5.30. The van der Waals surface area contributed by atoms with Crippen LogP contribution in [0.2, 0.25) is 0 Å². The third-order valence-corrected chi connectivity index (χ3v) is 4.42. The van der Waals surface area contributed by atoms with E-state index in [1.165, 1.54) is 7.11 Å². The summed E-state index contributed by atoms with van der Waals surface area (Å²) >= 11 is 0. The molecule has 0 aliphatic rings. The minimum absolute atomic E-state index is 0.190. The van der Waals surface area contributed by atoms with Crippen molar-refractivity contribution in [2.24, 2.45) is 0 Å². The van der Waals surface area contributed by atoms with Gasteiger partial charge in [-0.15, -0.1) is 0 Å². The highest BCUT2D eigenvalue weighted by Crippen LogP contribution is 2.15. The predicted octanol–water partition coefficient (Wildman–Crippen LogP) is 1.82. The molecular formula is C22H23N3O5. The molecule has 3 rings (SSSR count). The molecule has 8 heteroatoms. The SMILES string of the molecule is COCC(C)NC(=O)COC(=O)c1ccccc1Cc1nc2ccccc2c(=O)[nH]1. The van der Waals surface area contributed by atoms with Gasteiger partial charge in [-0.25, -0.2) is 9.78 Å². The van der Waals surface area contributed by atoms with Crippen LogP contribution in [0.1, 0.15) is 28.7 Å². The monoisotopic (exact) mass is 409 g/mol. The highest BCUT2D eigenvalue weighted by molar-refractivity contribution is 5.92. The summed E-state index contributed by atoms with van der Waals surface area (Å²) in [6.07, 6.45) is 0.239. The van der Waals surface area contributed by atoms with Crippen molar-refractivity contribution in [3.05, 3.63) is 75.8 Å². The number of methoxy groups -OCH3 is 1. The van der Waals surface area contributed by atoms with Gasteiger partial charge in [-0.2, -0.15) is 0 Å². The number of rotatable bonds is 8. The number of aromatic nitrogens is 2. The number of hydrogen-bond donors (Lipinski definition) is 2. The number of H-pyrrole nitrogens is 1. The Labute approximate surface area is 173 Å². The van der Waals surface area contributed by atoms with Crippen LogP contribution in [-0.2, 0) is 20.7 Å². The Morgan fingerprint density at radius 3 is 2.67 bits per heavy atom. The lowest BCUT2D eigenvalue weighted by atomic mass is 10.0. The van der Waals surface area contributed by atoms with Gasteiger partial charge in [-0.1, -0.05) is 30.3 Å². The number of nitrogens with one attached hydrogen (secondary N) is 2. The smallest absolute Gasteiger partial charge is 0.338 e. The Morgan fingerprint density at radius 1 is 1.13 bits per heavy atom. The third-order valence-electron chi connectivity index (χ3n) is 4.42. The molecule has 2 N–H and O–H groups in total.